The molecule has 2 heterocycles. The predicted molar refractivity (Wildman–Crippen MR) is 89.2 cm³/mol. The smallest absolute Gasteiger partial charge is 0.191 e. The first kappa shape index (κ1) is 17.1. The van der Waals surface area contributed by atoms with Gasteiger partial charge in [-0.3, -0.25) is 4.68 Å². The number of nitrogens with zero attached hydrogens (tertiary/aromatic N) is 3. The zero-order chi connectivity index (χ0) is 16.7. The predicted octanol–water partition coefficient (Wildman–Crippen LogP) is 1.02. The SMILES string of the molecule is CCNC(=NCC(C)(O)c1cnn(C)c1)NCCc1ccco1. The number of rotatable bonds is 7. The molecule has 2 aromatic rings. The van der Waals surface area contributed by atoms with Gasteiger partial charge in [0.15, 0.2) is 5.96 Å². The lowest BCUT2D eigenvalue weighted by Gasteiger charge is -2.20. The van der Waals surface area contributed by atoms with Crippen LogP contribution in [0.25, 0.3) is 0 Å². The van der Waals surface area contributed by atoms with Crippen LogP contribution in [0.4, 0.5) is 0 Å². The van der Waals surface area contributed by atoms with Crippen LogP contribution in [0.5, 0.6) is 0 Å². The number of hydrogen-bond acceptors (Lipinski definition) is 4. The molecule has 1 atom stereocenters. The Bertz CT molecular complexity index is 616. The largest absolute Gasteiger partial charge is 0.469 e. The number of furan rings is 1. The quantitative estimate of drug-likeness (QED) is 0.524. The molecule has 126 valence electrons. The van der Waals surface area contributed by atoms with E-state index in [0.29, 0.717) is 12.5 Å². The van der Waals surface area contributed by atoms with E-state index in [0.717, 1.165) is 24.3 Å². The molecular weight excluding hydrogens is 294 g/mol. The average Bonchev–Trinajstić information content (AvgIpc) is 3.16. The van der Waals surface area contributed by atoms with Gasteiger partial charge in [0.25, 0.3) is 0 Å². The molecule has 0 fully saturated rings. The van der Waals surface area contributed by atoms with Crippen LogP contribution in [0.2, 0.25) is 0 Å². The maximum absolute atomic E-state index is 10.6. The summed E-state index contributed by atoms with van der Waals surface area (Å²) in [5, 5.41) is 21.1. The van der Waals surface area contributed by atoms with E-state index in [1.54, 1.807) is 30.3 Å². The zero-order valence-electron chi connectivity index (χ0n) is 13.9. The van der Waals surface area contributed by atoms with Gasteiger partial charge in [-0.25, -0.2) is 4.99 Å². The molecule has 0 amide bonds. The van der Waals surface area contributed by atoms with Gasteiger partial charge in [-0.1, -0.05) is 0 Å². The Hall–Kier alpha value is -2.28. The third-order valence-corrected chi connectivity index (χ3v) is 3.46. The molecule has 0 bridgehead atoms. The molecule has 0 saturated heterocycles. The summed E-state index contributed by atoms with van der Waals surface area (Å²) < 4.78 is 6.97. The second-order valence-electron chi connectivity index (χ2n) is 5.63. The Morgan fingerprint density at radius 1 is 1.48 bits per heavy atom. The van der Waals surface area contributed by atoms with Crippen molar-refractivity contribution in [3.05, 3.63) is 42.1 Å². The minimum Gasteiger partial charge on any atom is -0.469 e. The monoisotopic (exact) mass is 319 g/mol. The van der Waals surface area contributed by atoms with Crippen molar-refractivity contribution in [3.63, 3.8) is 0 Å². The topological polar surface area (TPSA) is 87.6 Å². The zero-order valence-corrected chi connectivity index (χ0v) is 13.9. The Balaban J connectivity index is 1.91. The standard InChI is InChI=1S/C16H25N5O2/c1-4-17-15(18-8-7-14-6-5-9-23-14)19-12-16(2,22)13-10-20-21(3)11-13/h5-6,9-11,22H,4,7-8,12H2,1-3H3,(H2,17,18,19). The second-order valence-corrected chi connectivity index (χ2v) is 5.63. The summed E-state index contributed by atoms with van der Waals surface area (Å²) >= 11 is 0. The molecule has 0 saturated carbocycles. The fourth-order valence-electron chi connectivity index (χ4n) is 2.12. The van der Waals surface area contributed by atoms with Gasteiger partial charge in [0, 0.05) is 38.3 Å². The summed E-state index contributed by atoms with van der Waals surface area (Å²) in [6.07, 6.45) is 5.90. The van der Waals surface area contributed by atoms with E-state index in [1.165, 1.54) is 0 Å². The maximum atomic E-state index is 10.6. The van der Waals surface area contributed by atoms with Crippen molar-refractivity contribution < 1.29 is 9.52 Å². The number of aliphatic hydroxyl groups is 1. The van der Waals surface area contributed by atoms with Gasteiger partial charge < -0.3 is 20.2 Å². The molecule has 0 aliphatic carbocycles. The number of guanidine groups is 1. The molecular formula is C16H25N5O2. The Labute approximate surface area is 136 Å². The number of nitrogens with one attached hydrogen (secondary N) is 2. The maximum Gasteiger partial charge on any atom is 0.191 e. The van der Waals surface area contributed by atoms with E-state index in [9.17, 15) is 5.11 Å². The Morgan fingerprint density at radius 3 is 2.91 bits per heavy atom. The van der Waals surface area contributed by atoms with Crippen molar-refractivity contribution in [1.29, 1.82) is 0 Å². The van der Waals surface area contributed by atoms with Crippen LogP contribution in [-0.2, 0) is 19.1 Å². The van der Waals surface area contributed by atoms with E-state index in [-0.39, 0.29) is 6.54 Å². The molecule has 0 aliphatic heterocycles. The van der Waals surface area contributed by atoms with Gasteiger partial charge in [-0.2, -0.15) is 5.10 Å². The summed E-state index contributed by atoms with van der Waals surface area (Å²) in [5.41, 5.74) is -0.312. The Kier molecular flexibility index (Phi) is 5.81. The van der Waals surface area contributed by atoms with Gasteiger partial charge in [-0.15, -0.1) is 0 Å². The molecule has 7 nitrogen and oxygen atoms in total. The van der Waals surface area contributed by atoms with Crippen molar-refractivity contribution in [3.8, 4) is 0 Å². The molecule has 7 heteroatoms. The summed E-state index contributed by atoms with van der Waals surface area (Å²) in [7, 11) is 1.82. The van der Waals surface area contributed by atoms with Crippen molar-refractivity contribution in [2.75, 3.05) is 19.6 Å². The number of aromatic nitrogens is 2. The fourth-order valence-corrected chi connectivity index (χ4v) is 2.12. The number of hydrogen-bond donors (Lipinski definition) is 3. The lowest BCUT2D eigenvalue weighted by Crippen LogP contribution is -2.39. The van der Waals surface area contributed by atoms with Gasteiger partial charge in [0.2, 0.25) is 0 Å². The number of aryl methyl sites for hydroxylation is 1. The fraction of sp³-hybridized carbons (Fsp3) is 0.500. The third-order valence-electron chi connectivity index (χ3n) is 3.46. The molecule has 0 aromatic carbocycles. The van der Waals surface area contributed by atoms with Crippen molar-refractivity contribution in [2.24, 2.45) is 12.0 Å². The highest BCUT2D eigenvalue weighted by Crippen LogP contribution is 2.19. The van der Waals surface area contributed by atoms with Crippen molar-refractivity contribution >= 4 is 5.96 Å². The molecule has 3 N–H and O–H groups in total. The minimum absolute atomic E-state index is 0.245. The van der Waals surface area contributed by atoms with Gasteiger partial charge in [0.05, 0.1) is 19.0 Å². The normalized spacial score (nSPS) is 14.5. The first-order valence-electron chi connectivity index (χ1n) is 7.77. The first-order valence-corrected chi connectivity index (χ1v) is 7.77. The molecule has 2 rings (SSSR count). The molecule has 2 aromatic heterocycles. The lowest BCUT2D eigenvalue weighted by atomic mass is 10.0. The molecule has 0 spiro atoms. The van der Waals surface area contributed by atoms with Crippen LogP contribution in [0, 0.1) is 0 Å². The summed E-state index contributed by atoms with van der Waals surface area (Å²) in [5.74, 6) is 1.60. The Morgan fingerprint density at radius 2 is 2.30 bits per heavy atom. The van der Waals surface area contributed by atoms with E-state index < -0.39 is 5.60 Å². The highest BCUT2D eigenvalue weighted by Gasteiger charge is 2.24. The van der Waals surface area contributed by atoms with Crippen LogP contribution < -0.4 is 10.6 Å². The van der Waals surface area contributed by atoms with Crippen LogP contribution in [0.15, 0.2) is 40.2 Å². The van der Waals surface area contributed by atoms with E-state index in [1.807, 2.05) is 26.1 Å². The van der Waals surface area contributed by atoms with E-state index >= 15 is 0 Å². The van der Waals surface area contributed by atoms with Crippen LogP contribution in [0.3, 0.4) is 0 Å². The number of aliphatic imine (C=N–C) groups is 1. The molecule has 0 radical (unpaired) electrons. The van der Waals surface area contributed by atoms with Gasteiger partial charge in [0.1, 0.15) is 11.4 Å². The minimum atomic E-state index is -1.06. The highest BCUT2D eigenvalue weighted by atomic mass is 16.3. The highest BCUT2D eigenvalue weighted by molar-refractivity contribution is 5.79. The van der Waals surface area contributed by atoms with Gasteiger partial charge >= 0.3 is 0 Å². The summed E-state index contributed by atoms with van der Waals surface area (Å²) in [6.45, 7) is 5.44. The third kappa shape index (κ3) is 5.14. The molecule has 0 aliphatic rings. The van der Waals surface area contributed by atoms with Crippen LogP contribution in [-0.4, -0.2) is 40.5 Å². The molecule has 23 heavy (non-hydrogen) atoms. The van der Waals surface area contributed by atoms with Gasteiger partial charge in [-0.05, 0) is 26.0 Å². The van der Waals surface area contributed by atoms with E-state index in [4.69, 9.17) is 4.42 Å². The van der Waals surface area contributed by atoms with Crippen molar-refractivity contribution in [2.45, 2.75) is 25.9 Å². The van der Waals surface area contributed by atoms with Crippen LogP contribution >= 0.6 is 0 Å². The van der Waals surface area contributed by atoms with Crippen LogP contribution in [0.1, 0.15) is 25.2 Å². The summed E-state index contributed by atoms with van der Waals surface area (Å²) in [6, 6.07) is 3.82. The van der Waals surface area contributed by atoms with E-state index in [2.05, 4.69) is 20.7 Å². The average molecular weight is 319 g/mol. The first-order chi connectivity index (χ1) is 11.0. The lowest BCUT2D eigenvalue weighted by molar-refractivity contribution is 0.0672. The summed E-state index contributed by atoms with van der Waals surface area (Å²) in [4.78, 5) is 4.47. The molecule has 1 unspecified atom stereocenters. The second kappa shape index (κ2) is 7.82. The van der Waals surface area contributed by atoms with Crippen molar-refractivity contribution in [1.82, 2.24) is 20.4 Å².